The average molecular weight is 563 g/mol. The summed E-state index contributed by atoms with van der Waals surface area (Å²) in [6, 6.07) is 9.00. The lowest BCUT2D eigenvalue weighted by atomic mass is 9.51. The molecule has 0 aromatic heterocycles. The fourth-order valence-electron chi connectivity index (χ4n) is 7.55. The number of carbonyl (C=O) groups excluding carboxylic acids is 4. The van der Waals surface area contributed by atoms with Crippen LogP contribution in [0.4, 0.5) is 10.1 Å². The van der Waals surface area contributed by atoms with Crippen LogP contribution in [-0.2, 0) is 25.6 Å². The monoisotopic (exact) mass is 562 g/mol. The molecule has 2 saturated heterocycles. The first-order valence-electron chi connectivity index (χ1n) is 13.3. The van der Waals surface area contributed by atoms with Crippen molar-refractivity contribution in [3.05, 3.63) is 82.7 Å². The third-order valence-electron chi connectivity index (χ3n) is 9.48. The number of para-hydroxylation sites is 1. The summed E-state index contributed by atoms with van der Waals surface area (Å²) < 4.78 is 14.0. The van der Waals surface area contributed by atoms with Crippen LogP contribution in [0, 0.1) is 34.9 Å². The van der Waals surface area contributed by atoms with Crippen molar-refractivity contribution in [2.24, 2.45) is 29.1 Å². The molecule has 2 aromatic carbocycles. The number of nitrogens with zero attached hydrogens (tertiary/aromatic N) is 2. The van der Waals surface area contributed by atoms with Crippen molar-refractivity contribution in [1.82, 2.24) is 4.90 Å². The van der Waals surface area contributed by atoms with E-state index in [0.717, 1.165) is 21.4 Å². The smallest absolute Gasteiger partial charge is 0.241 e. The van der Waals surface area contributed by atoms with E-state index in [9.17, 15) is 28.7 Å². The molecule has 0 radical (unpaired) electrons. The zero-order valence-corrected chi connectivity index (χ0v) is 22.8. The Morgan fingerprint density at radius 1 is 1.12 bits per heavy atom. The predicted molar refractivity (Wildman–Crippen MR) is 146 cm³/mol. The number of phenolic OH excluding ortho intramolecular Hbond substituents is 1. The Hall–Kier alpha value is -3.78. The van der Waals surface area contributed by atoms with E-state index in [4.69, 9.17) is 11.6 Å². The first-order valence-corrected chi connectivity index (χ1v) is 13.7. The Bertz CT molecular complexity index is 1550. The second kappa shape index (κ2) is 9.13. The van der Waals surface area contributed by atoms with Crippen LogP contribution in [0.3, 0.4) is 0 Å². The lowest BCUT2D eigenvalue weighted by molar-refractivity contribution is -0.138. The summed E-state index contributed by atoms with van der Waals surface area (Å²) in [5.74, 6) is -5.44. The van der Waals surface area contributed by atoms with Crippen molar-refractivity contribution in [3.8, 4) is 5.75 Å². The Morgan fingerprint density at radius 3 is 2.58 bits per heavy atom. The van der Waals surface area contributed by atoms with Crippen LogP contribution >= 0.6 is 11.6 Å². The number of allylic oxidation sites excluding steroid dienone is 3. The second-order valence-corrected chi connectivity index (χ2v) is 11.8. The minimum Gasteiger partial charge on any atom is -0.507 e. The zero-order chi connectivity index (χ0) is 28.7. The van der Waals surface area contributed by atoms with Gasteiger partial charge in [0.05, 0.1) is 33.9 Å². The molecule has 9 heteroatoms. The highest BCUT2D eigenvalue weighted by atomic mass is 35.5. The molecular weight excluding hydrogens is 535 g/mol. The molecular formula is C31H28ClFN2O5. The Balaban J connectivity index is 1.56. The number of amides is 4. The number of halogens is 2. The molecule has 2 aliphatic carbocycles. The van der Waals surface area contributed by atoms with Crippen LogP contribution in [0.2, 0.25) is 5.02 Å². The fraction of sp³-hybridized carbons (Fsp3) is 0.355. The molecule has 6 atom stereocenters. The van der Waals surface area contributed by atoms with Crippen molar-refractivity contribution in [2.75, 3.05) is 11.9 Å². The Labute approximate surface area is 235 Å². The van der Waals surface area contributed by atoms with Gasteiger partial charge in [-0.1, -0.05) is 47.5 Å². The molecule has 3 fully saturated rings. The van der Waals surface area contributed by atoms with Gasteiger partial charge >= 0.3 is 0 Å². The van der Waals surface area contributed by atoms with Crippen LogP contribution in [-0.4, -0.2) is 40.7 Å². The molecule has 6 rings (SSSR count). The van der Waals surface area contributed by atoms with Gasteiger partial charge in [0.1, 0.15) is 11.6 Å². The van der Waals surface area contributed by atoms with E-state index in [1.54, 1.807) is 31.2 Å². The molecule has 0 unspecified atom stereocenters. The molecule has 4 aliphatic rings. The van der Waals surface area contributed by atoms with Crippen LogP contribution in [0.25, 0.3) is 0 Å². The van der Waals surface area contributed by atoms with Crippen molar-refractivity contribution < 1.29 is 28.7 Å². The number of rotatable bonds is 4. The molecule has 0 spiro atoms. The van der Waals surface area contributed by atoms with Crippen LogP contribution in [0.15, 0.2) is 60.7 Å². The topological polar surface area (TPSA) is 95.0 Å². The first-order chi connectivity index (χ1) is 19.0. The SMILES string of the molecule is C=CCc1cccc([C@H]2C3=CC[C@@H]4C(=O)N(C)C(=O)[C@@H]4[C@@H]3C[C@H]3C(=O)N(c4ccc(F)c(Cl)c4)C(=O)[C@@]23C)c1O. The maximum Gasteiger partial charge on any atom is 0.241 e. The standard InChI is InChI=1S/C31H28ClFN2O5/c1-4-6-15-7-5-8-19(26(15)36)25-17-10-11-18-24(29(39)34(3)27(18)37)20(17)14-21-28(38)35(30(40)31(21,25)2)16-9-12-23(33)22(32)13-16/h4-5,7-10,12-13,18,20-21,24-25,36H,1,6,11,14H2,2-3H3/t18-,20+,21-,24-,25+,31+/m0/s1. The van der Waals surface area contributed by atoms with E-state index in [0.29, 0.717) is 24.0 Å². The van der Waals surface area contributed by atoms with E-state index >= 15 is 0 Å². The molecule has 1 saturated carbocycles. The molecule has 7 nitrogen and oxygen atoms in total. The number of likely N-dealkylation sites (tertiary alicyclic amines) is 1. The summed E-state index contributed by atoms with van der Waals surface area (Å²) >= 11 is 6.02. The van der Waals surface area contributed by atoms with Gasteiger partial charge in [-0.05, 0) is 55.9 Å². The highest BCUT2D eigenvalue weighted by Crippen LogP contribution is 2.64. The maximum atomic E-state index is 14.4. The van der Waals surface area contributed by atoms with Gasteiger partial charge in [0.2, 0.25) is 23.6 Å². The number of imide groups is 2. The molecule has 40 heavy (non-hydrogen) atoms. The highest BCUT2D eigenvalue weighted by Gasteiger charge is 2.67. The summed E-state index contributed by atoms with van der Waals surface area (Å²) in [5, 5.41) is 11.2. The van der Waals surface area contributed by atoms with Crippen LogP contribution in [0.5, 0.6) is 5.75 Å². The number of aromatic hydroxyl groups is 1. The molecule has 4 amide bonds. The normalized spacial score (nSPS) is 31.2. The second-order valence-electron chi connectivity index (χ2n) is 11.3. The maximum absolute atomic E-state index is 14.4. The molecule has 2 aliphatic heterocycles. The van der Waals surface area contributed by atoms with Gasteiger partial charge in [0.25, 0.3) is 0 Å². The predicted octanol–water partition coefficient (Wildman–Crippen LogP) is 4.77. The molecule has 2 aromatic rings. The van der Waals surface area contributed by atoms with Crippen molar-refractivity contribution in [2.45, 2.75) is 32.1 Å². The number of carbonyl (C=O) groups is 4. The van der Waals surface area contributed by atoms with Crippen molar-refractivity contribution >= 4 is 40.9 Å². The summed E-state index contributed by atoms with van der Waals surface area (Å²) in [5.41, 5.74) is 0.709. The summed E-state index contributed by atoms with van der Waals surface area (Å²) in [7, 11) is 1.47. The Kier molecular flexibility index (Phi) is 6.03. The van der Waals surface area contributed by atoms with Gasteiger partial charge in [0.15, 0.2) is 0 Å². The molecule has 0 bridgehead atoms. The van der Waals surface area contributed by atoms with E-state index < -0.39 is 52.6 Å². The minimum atomic E-state index is -1.32. The van der Waals surface area contributed by atoms with Gasteiger partial charge in [-0.25, -0.2) is 9.29 Å². The van der Waals surface area contributed by atoms with Gasteiger partial charge in [-0.15, -0.1) is 6.58 Å². The van der Waals surface area contributed by atoms with E-state index in [-0.39, 0.29) is 34.7 Å². The molecule has 206 valence electrons. The molecule has 2 heterocycles. The van der Waals surface area contributed by atoms with Crippen LogP contribution in [0.1, 0.15) is 36.8 Å². The zero-order valence-electron chi connectivity index (χ0n) is 22.1. The quantitative estimate of drug-likeness (QED) is 0.428. The number of phenols is 1. The number of hydrogen-bond donors (Lipinski definition) is 1. The third-order valence-corrected chi connectivity index (χ3v) is 9.77. The van der Waals surface area contributed by atoms with Crippen molar-refractivity contribution in [1.29, 1.82) is 0 Å². The van der Waals surface area contributed by atoms with Crippen molar-refractivity contribution in [3.63, 3.8) is 0 Å². The molecule has 1 N–H and O–H groups in total. The van der Waals surface area contributed by atoms with E-state index in [1.165, 1.54) is 19.2 Å². The number of anilines is 1. The largest absolute Gasteiger partial charge is 0.507 e. The van der Waals surface area contributed by atoms with E-state index in [1.807, 2.05) is 6.08 Å². The lowest BCUT2D eigenvalue weighted by Crippen LogP contribution is -2.48. The van der Waals surface area contributed by atoms with Crippen LogP contribution < -0.4 is 4.90 Å². The summed E-state index contributed by atoms with van der Waals surface area (Å²) in [6.45, 7) is 5.50. The summed E-state index contributed by atoms with van der Waals surface area (Å²) in [6.07, 6.45) is 4.51. The average Bonchev–Trinajstić information content (AvgIpc) is 3.27. The van der Waals surface area contributed by atoms with E-state index in [2.05, 4.69) is 6.58 Å². The van der Waals surface area contributed by atoms with Gasteiger partial charge in [0, 0.05) is 18.5 Å². The summed E-state index contributed by atoms with van der Waals surface area (Å²) in [4.78, 5) is 56.9. The number of fused-ring (bicyclic) bond motifs is 4. The third kappa shape index (κ3) is 3.41. The number of benzene rings is 2. The minimum absolute atomic E-state index is 0.00511. The Morgan fingerprint density at radius 2 is 1.88 bits per heavy atom. The van der Waals surface area contributed by atoms with Gasteiger partial charge < -0.3 is 5.11 Å². The van der Waals surface area contributed by atoms with Gasteiger partial charge in [-0.3, -0.25) is 24.1 Å². The number of hydrogen-bond acceptors (Lipinski definition) is 5. The fourth-order valence-corrected chi connectivity index (χ4v) is 7.73. The highest BCUT2D eigenvalue weighted by molar-refractivity contribution is 6.31. The first kappa shape index (κ1) is 26.4. The lowest BCUT2D eigenvalue weighted by Gasteiger charge is -2.49. The van der Waals surface area contributed by atoms with Gasteiger partial charge in [-0.2, -0.15) is 0 Å².